The van der Waals surface area contributed by atoms with Crippen LogP contribution in [0.25, 0.3) is 10.8 Å². The minimum absolute atomic E-state index is 0.0121. The second-order valence-corrected chi connectivity index (χ2v) is 9.30. The first kappa shape index (κ1) is 24.8. The number of hydrogen-bond acceptors (Lipinski definition) is 5. The zero-order valence-electron chi connectivity index (χ0n) is 21.2. The monoisotopic (exact) mass is 499 g/mol. The molecule has 0 spiro atoms. The number of hydrogen-bond donors (Lipinski definition) is 1. The molecule has 190 valence electrons. The Morgan fingerprint density at radius 1 is 0.973 bits per heavy atom. The molecule has 0 aromatic heterocycles. The lowest BCUT2D eigenvalue weighted by molar-refractivity contribution is 0.0596. The molecule has 5 rings (SSSR count). The van der Waals surface area contributed by atoms with Gasteiger partial charge in [-0.25, -0.2) is 9.18 Å². The topological polar surface area (TPSA) is 56.8 Å². The number of benzene rings is 4. The van der Waals surface area contributed by atoms with Crippen LogP contribution in [-0.2, 0) is 4.74 Å². The van der Waals surface area contributed by atoms with Crippen molar-refractivity contribution in [3.63, 3.8) is 0 Å². The van der Waals surface area contributed by atoms with E-state index in [2.05, 4.69) is 18.3 Å². The molecule has 0 radical (unpaired) electrons. The van der Waals surface area contributed by atoms with Crippen molar-refractivity contribution in [3.8, 4) is 11.5 Å². The fourth-order valence-electron chi connectivity index (χ4n) is 5.32. The minimum Gasteiger partial charge on any atom is -0.496 e. The van der Waals surface area contributed by atoms with Crippen molar-refractivity contribution in [1.29, 1.82) is 0 Å². The van der Waals surface area contributed by atoms with Gasteiger partial charge in [0, 0.05) is 35.0 Å². The third-order valence-corrected chi connectivity index (χ3v) is 7.14. The van der Waals surface area contributed by atoms with Crippen LogP contribution < -0.4 is 14.8 Å². The van der Waals surface area contributed by atoms with Crippen molar-refractivity contribution < 1.29 is 23.4 Å². The predicted octanol–water partition coefficient (Wildman–Crippen LogP) is 6.41. The summed E-state index contributed by atoms with van der Waals surface area (Å²) in [6, 6.07) is 24.5. The third kappa shape index (κ3) is 4.77. The van der Waals surface area contributed by atoms with Crippen molar-refractivity contribution >= 4 is 16.7 Å². The molecule has 3 atom stereocenters. The van der Waals surface area contributed by atoms with Gasteiger partial charge in [-0.1, -0.05) is 60.7 Å². The first-order chi connectivity index (χ1) is 18.0. The summed E-state index contributed by atoms with van der Waals surface area (Å²) in [5.41, 5.74) is 3.41. The lowest BCUT2D eigenvalue weighted by atomic mass is 9.83. The SMILES string of the molecule is COC(=O)c1cccc([C@@H]2C[C@H](CN[C@H](C)c3ccc(F)c4ccccc34)Oc3ccccc32)c1OC. The van der Waals surface area contributed by atoms with Gasteiger partial charge in [-0.15, -0.1) is 0 Å². The highest BCUT2D eigenvalue weighted by atomic mass is 19.1. The number of ether oxygens (including phenoxy) is 3. The van der Waals surface area contributed by atoms with E-state index in [1.807, 2.05) is 60.7 Å². The molecule has 5 nitrogen and oxygen atoms in total. The zero-order chi connectivity index (χ0) is 25.9. The third-order valence-electron chi connectivity index (χ3n) is 7.14. The maximum Gasteiger partial charge on any atom is 0.341 e. The number of fused-ring (bicyclic) bond motifs is 2. The largest absolute Gasteiger partial charge is 0.496 e. The average Bonchev–Trinajstić information content (AvgIpc) is 2.95. The van der Waals surface area contributed by atoms with E-state index < -0.39 is 5.97 Å². The van der Waals surface area contributed by atoms with Crippen LogP contribution >= 0.6 is 0 Å². The first-order valence-electron chi connectivity index (χ1n) is 12.4. The molecule has 1 heterocycles. The van der Waals surface area contributed by atoms with Gasteiger partial charge in [-0.3, -0.25) is 0 Å². The van der Waals surface area contributed by atoms with E-state index in [4.69, 9.17) is 14.2 Å². The molecule has 1 N–H and O–H groups in total. The van der Waals surface area contributed by atoms with Crippen LogP contribution in [0.15, 0.2) is 78.9 Å². The van der Waals surface area contributed by atoms with Crippen LogP contribution in [0.1, 0.15) is 52.4 Å². The Hall–Kier alpha value is -3.90. The Balaban J connectivity index is 1.42. The summed E-state index contributed by atoms with van der Waals surface area (Å²) in [7, 11) is 2.94. The summed E-state index contributed by atoms with van der Waals surface area (Å²) >= 11 is 0. The maximum atomic E-state index is 14.3. The summed E-state index contributed by atoms with van der Waals surface area (Å²) in [6.07, 6.45) is 0.572. The van der Waals surface area contributed by atoms with Crippen LogP contribution in [-0.4, -0.2) is 32.8 Å². The van der Waals surface area contributed by atoms with Gasteiger partial charge in [0.15, 0.2) is 0 Å². The second kappa shape index (κ2) is 10.6. The fourth-order valence-corrected chi connectivity index (χ4v) is 5.32. The Bertz CT molecular complexity index is 1440. The van der Waals surface area contributed by atoms with E-state index in [0.29, 0.717) is 29.7 Å². The highest BCUT2D eigenvalue weighted by molar-refractivity contribution is 5.93. The first-order valence-corrected chi connectivity index (χ1v) is 12.4. The molecular weight excluding hydrogens is 469 g/mol. The molecule has 1 aliphatic heterocycles. The normalized spacial score (nSPS) is 17.5. The van der Waals surface area contributed by atoms with Gasteiger partial charge in [0.2, 0.25) is 0 Å². The van der Waals surface area contributed by atoms with Crippen molar-refractivity contribution in [2.24, 2.45) is 0 Å². The van der Waals surface area contributed by atoms with E-state index in [9.17, 15) is 9.18 Å². The van der Waals surface area contributed by atoms with Gasteiger partial charge in [0.25, 0.3) is 0 Å². The number of rotatable bonds is 7. The van der Waals surface area contributed by atoms with E-state index in [-0.39, 0.29) is 23.9 Å². The standard InChI is InChI=1S/C31H30FNO4/c1-19(21-15-16-28(32)23-10-5-4-9-22(21)23)33-18-20-17-27(24-11-6-7-14-29(24)37-20)25-12-8-13-26(30(25)35-2)31(34)36-3/h4-16,19-20,27,33H,17-18H2,1-3H3/t19-,20-,27-/m1/s1. The number of nitrogens with one attached hydrogen (secondary N) is 1. The summed E-state index contributed by atoms with van der Waals surface area (Å²) in [5.74, 6) is 0.658. The number of carbonyl (C=O) groups is 1. The van der Waals surface area contributed by atoms with Crippen molar-refractivity contribution in [3.05, 3.63) is 107 Å². The summed E-state index contributed by atoms with van der Waals surface area (Å²) in [6.45, 7) is 2.67. The predicted molar refractivity (Wildman–Crippen MR) is 142 cm³/mol. The number of carbonyl (C=O) groups excluding carboxylic acids is 1. The zero-order valence-corrected chi connectivity index (χ0v) is 21.2. The molecule has 4 aromatic rings. The van der Waals surface area contributed by atoms with Gasteiger partial charge in [-0.05, 0) is 42.5 Å². The van der Waals surface area contributed by atoms with E-state index >= 15 is 0 Å². The highest BCUT2D eigenvalue weighted by Crippen LogP contribution is 2.44. The van der Waals surface area contributed by atoms with Crippen LogP contribution in [0.4, 0.5) is 4.39 Å². The molecule has 1 aliphatic rings. The molecule has 0 aliphatic carbocycles. The highest BCUT2D eigenvalue weighted by Gasteiger charge is 2.32. The Morgan fingerprint density at radius 3 is 2.49 bits per heavy atom. The van der Waals surface area contributed by atoms with Crippen LogP contribution in [0.3, 0.4) is 0 Å². The molecule has 0 unspecified atom stereocenters. The average molecular weight is 500 g/mol. The van der Waals surface area contributed by atoms with Crippen molar-refractivity contribution in [2.75, 3.05) is 20.8 Å². The van der Waals surface area contributed by atoms with Crippen LogP contribution in [0.2, 0.25) is 0 Å². The Labute approximate surface area is 216 Å². The number of methoxy groups -OCH3 is 2. The van der Waals surface area contributed by atoms with E-state index in [1.165, 1.54) is 13.2 Å². The lowest BCUT2D eigenvalue weighted by Gasteiger charge is -2.34. The van der Waals surface area contributed by atoms with Gasteiger partial charge < -0.3 is 19.5 Å². The number of para-hydroxylation sites is 2. The molecule has 6 heteroatoms. The number of esters is 1. The summed E-state index contributed by atoms with van der Waals surface area (Å²) in [5, 5.41) is 5.12. The Kier molecular flexibility index (Phi) is 7.10. The molecule has 0 saturated heterocycles. The van der Waals surface area contributed by atoms with E-state index in [0.717, 1.165) is 27.8 Å². The molecule has 4 aromatic carbocycles. The van der Waals surface area contributed by atoms with Crippen molar-refractivity contribution in [1.82, 2.24) is 5.32 Å². The second-order valence-electron chi connectivity index (χ2n) is 9.30. The quantitative estimate of drug-likeness (QED) is 0.298. The maximum absolute atomic E-state index is 14.3. The minimum atomic E-state index is -0.433. The van der Waals surface area contributed by atoms with Gasteiger partial charge in [-0.2, -0.15) is 0 Å². The Morgan fingerprint density at radius 2 is 1.70 bits per heavy atom. The van der Waals surface area contributed by atoms with Gasteiger partial charge in [0.1, 0.15) is 29.0 Å². The fraction of sp³-hybridized carbons (Fsp3) is 0.258. The molecule has 0 bridgehead atoms. The molecular formula is C31H30FNO4. The van der Waals surface area contributed by atoms with Gasteiger partial charge in [0.05, 0.1) is 14.2 Å². The number of halogens is 1. The summed E-state index contributed by atoms with van der Waals surface area (Å²) in [4.78, 5) is 12.4. The lowest BCUT2D eigenvalue weighted by Crippen LogP contribution is -2.37. The molecule has 0 fully saturated rings. The smallest absolute Gasteiger partial charge is 0.341 e. The molecule has 0 saturated carbocycles. The van der Waals surface area contributed by atoms with Crippen molar-refractivity contribution in [2.45, 2.75) is 31.4 Å². The summed E-state index contributed by atoms with van der Waals surface area (Å²) < 4.78 is 31.4. The molecule has 0 amide bonds. The molecule has 37 heavy (non-hydrogen) atoms. The van der Waals surface area contributed by atoms with E-state index in [1.54, 1.807) is 13.2 Å². The van der Waals surface area contributed by atoms with Gasteiger partial charge >= 0.3 is 5.97 Å². The van der Waals surface area contributed by atoms with Crippen LogP contribution in [0, 0.1) is 5.82 Å². The van der Waals surface area contributed by atoms with Crippen LogP contribution in [0.5, 0.6) is 11.5 Å².